The molecule has 158 valence electrons. The maximum Gasteiger partial charge on any atom is 0.191 e. The highest BCUT2D eigenvalue weighted by Crippen LogP contribution is 2.32. The minimum atomic E-state index is -3.20. The second-order valence-corrected chi connectivity index (χ2v) is 9.03. The predicted molar refractivity (Wildman–Crippen MR) is 127 cm³/mol. The zero-order valence-corrected chi connectivity index (χ0v) is 20.1. The molecule has 0 bridgehead atoms. The average molecular weight is 529 g/mol. The van der Waals surface area contributed by atoms with Crippen molar-refractivity contribution in [3.8, 4) is 5.75 Å². The molecular weight excluding hydrogens is 501 g/mol. The van der Waals surface area contributed by atoms with Gasteiger partial charge in [0, 0.05) is 32.3 Å². The van der Waals surface area contributed by atoms with Gasteiger partial charge in [0.05, 0.1) is 11.5 Å². The molecule has 2 aromatic carbocycles. The highest BCUT2D eigenvalue weighted by atomic mass is 127. The summed E-state index contributed by atoms with van der Waals surface area (Å²) >= 11 is 0. The number of sulfone groups is 1. The Morgan fingerprint density at radius 2 is 1.97 bits per heavy atom. The van der Waals surface area contributed by atoms with Crippen LogP contribution < -0.4 is 15.4 Å². The molecule has 0 saturated carbocycles. The third kappa shape index (κ3) is 6.08. The van der Waals surface area contributed by atoms with Gasteiger partial charge in [0.15, 0.2) is 15.8 Å². The fraction of sp³-hybridized carbons (Fsp3) is 0.381. The van der Waals surface area contributed by atoms with Gasteiger partial charge in [0.1, 0.15) is 5.75 Å². The summed E-state index contributed by atoms with van der Waals surface area (Å²) in [7, 11) is -1.46. The van der Waals surface area contributed by atoms with E-state index in [1.807, 2.05) is 37.3 Å². The Kier molecular flexibility index (Phi) is 8.33. The minimum absolute atomic E-state index is 0. The van der Waals surface area contributed by atoms with Gasteiger partial charge in [-0.1, -0.05) is 30.3 Å². The highest BCUT2D eigenvalue weighted by molar-refractivity contribution is 14.0. The second-order valence-electron chi connectivity index (χ2n) is 7.05. The first-order chi connectivity index (χ1) is 13.4. The first-order valence-electron chi connectivity index (χ1n) is 9.34. The summed E-state index contributed by atoms with van der Waals surface area (Å²) < 4.78 is 29.2. The summed E-state index contributed by atoms with van der Waals surface area (Å²) in [5.74, 6) is 2.05. The van der Waals surface area contributed by atoms with E-state index in [2.05, 4.69) is 21.7 Å². The fourth-order valence-corrected chi connectivity index (χ4v) is 4.45. The number of nitrogens with zero attached hydrogens (tertiary/aromatic N) is 1. The molecule has 0 saturated heterocycles. The van der Waals surface area contributed by atoms with Crippen LogP contribution in [0.3, 0.4) is 0 Å². The number of nitrogens with one attached hydrogen (secondary N) is 2. The van der Waals surface area contributed by atoms with Gasteiger partial charge >= 0.3 is 0 Å². The Bertz CT molecular complexity index is 977. The Morgan fingerprint density at radius 3 is 2.66 bits per heavy atom. The number of halogens is 1. The fourth-order valence-electron chi connectivity index (χ4n) is 3.49. The number of rotatable bonds is 5. The third-order valence-electron chi connectivity index (χ3n) is 4.92. The van der Waals surface area contributed by atoms with Gasteiger partial charge in [-0.2, -0.15) is 0 Å². The topological polar surface area (TPSA) is 79.8 Å². The van der Waals surface area contributed by atoms with Crippen molar-refractivity contribution >= 4 is 39.8 Å². The number of benzene rings is 2. The molecule has 1 unspecified atom stereocenters. The van der Waals surface area contributed by atoms with Crippen LogP contribution in [0.4, 0.5) is 0 Å². The lowest BCUT2D eigenvalue weighted by atomic mass is 9.93. The van der Waals surface area contributed by atoms with Crippen LogP contribution in [0, 0.1) is 6.92 Å². The lowest BCUT2D eigenvalue weighted by molar-refractivity contribution is 0.267. The van der Waals surface area contributed by atoms with Gasteiger partial charge in [-0.3, -0.25) is 4.99 Å². The van der Waals surface area contributed by atoms with Gasteiger partial charge in [-0.15, -0.1) is 24.0 Å². The molecular formula is C21H28IN3O3S. The zero-order valence-electron chi connectivity index (χ0n) is 16.9. The van der Waals surface area contributed by atoms with E-state index in [-0.39, 0.29) is 24.0 Å². The van der Waals surface area contributed by atoms with Crippen molar-refractivity contribution in [1.82, 2.24) is 10.6 Å². The SMILES string of the molecule is CN=C(NCc1ccc(S(C)(=O)=O)c(C)c1)NCC1CCOc2ccccc21.I. The maximum atomic E-state index is 11.7. The van der Waals surface area contributed by atoms with Gasteiger partial charge < -0.3 is 15.4 Å². The number of hydrogen-bond donors (Lipinski definition) is 2. The van der Waals surface area contributed by atoms with E-state index in [9.17, 15) is 8.42 Å². The number of hydrogen-bond acceptors (Lipinski definition) is 4. The summed E-state index contributed by atoms with van der Waals surface area (Å²) in [5.41, 5.74) is 2.98. The molecule has 0 aliphatic carbocycles. The van der Waals surface area contributed by atoms with Crippen LogP contribution in [0.25, 0.3) is 0 Å². The molecule has 8 heteroatoms. The standard InChI is InChI=1S/C21H27N3O3S.HI/c1-15-12-16(8-9-20(15)28(3,25)26)13-23-21(22-2)24-14-17-10-11-27-19-7-5-4-6-18(17)19;/h4-9,12,17H,10-11,13-14H2,1-3H3,(H2,22,23,24);1H. The van der Waals surface area contributed by atoms with Crippen molar-refractivity contribution < 1.29 is 13.2 Å². The minimum Gasteiger partial charge on any atom is -0.493 e. The van der Waals surface area contributed by atoms with Gasteiger partial charge in [-0.25, -0.2) is 8.42 Å². The van der Waals surface area contributed by atoms with Crippen molar-refractivity contribution in [2.24, 2.45) is 4.99 Å². The van der Waals surface area contributed by atoms with Crippen LogP contribution in [-0.4, -0.2) is 40.8 Å². The molecule has 3 rings (SSSR count). The number of para-hydroxylation sites is 1. The molecule has 2 aromatic rings. The zero-order chi connectivity index (χ0) is 20.1. The van der Waals surface area contributed by atoms with E-state index >= 15 is 0 Å². The summed E-state index contributed by atoms with van der Waals surface area (Å²) in [6, 6.07) is 13.5. The molecule has 1 atom stereocenters. The maximum absolute atomic E-state index is 11.7. The molecule has 2 N–H and O–H groups in total. The van der Waals surface area contributed by atoms with Crippen molar-refractivity contribution in [3.05, 3.63) is 59.2 Å². The smallest absolute Gasteiger partial charge is 0.191 e. The number of aliphatic imine (C=N–C) groups is 1. The number of guanidine groups is 1. The summed E-state index contributed by atoms with van der Waals surface area (Å²) in [4.78, 5) is 4.66. The summed E-state index contributed by atoms with van der Waals surface area (Å²) in [6.45, 7) is 3.87. The quantitative estimate of drug-likeness (QED) is 0.353. The molecule has 0 spiro atoms. The van der Waals surface area contributed by atoms with E-state index in [0.29, 0.717) is 23.3 Å². The molecule has 1 aliphatic rings. The third-order valence-corrected chi connectivity index (χ3v) is 6.18. The highest BCUT2D eigenvalue weighted by Gasteiger charge is 2.21. The Hall–Kier alpha value is -1.81. The van der Waals surface area contributed by atoms with E-state index in [4.69, 9.17) is 4.74 Å². The van der Waals surface area contributed by atoms with Gasteiger partial charge in [0.25, 0.3) is 0 Å². The van der Waals surface area contributed by atoms with Crippen LogP contribution in [0.2, 0.25) is 0 Å². The molecule has 1 heterocycles. The summed E-state index contributed by atoms with van der Waals surface area (Å²) in [5, 5.41) is 6.68. The second kappa shape index (κ2) is 10.3. The normalized spacial score (nSPS) is 16.2. The van der Waals surface area contributed by atoms with Crippen LogP contribution in [0.5, 0.6) is 5.75 Å². The average Bonchev–Trinajstić information content (AvgIpc) is 2.67. The first kappa shape index (κ1) is 23.5. The molecule has 0 amide bonds. The van der Waals surface area contributed by atoms with E-state index in [0.717, 1.165) is 36.4 Å². The van der Waals surface area contributed by atoms with Crippen LogP contribution in [0.1, 0.15) is 29.0 Å². The van der Waals surface area contributed by atoms with Gasteiger partial charge in [0.2, 0.25) is 0 Å². The van der Waals surface area contributed by atoms with E-state index < -0.39 is 9.84 Å². The molecule has 6 nitrogen and oxygen atoms in total. The Morgan fingerprint density at radius 1 is 1.21 bits per heavy atom. The monoisotopic (exact) mass is 529 g/mol. The predicted octanol–water partition coefficient (Wildman–Crippen LogP) is 3.25. The number of aryl methyl sites for hydroxylation is 1. The lowest BCUT2D eigenvalue weighted by Crippen LogP contribution is -2.39. The number of fused-ring (bicyclic) bond motifs is 1. The molecule has 0 radical (unpaired) electrons. The Balaban J connectivity index is 0.00000300. The van der Waals surface area contributed by atoms with Crippen molar-refractivity contribution in [2.45, 2.75) is 30.7 Å². The van der Waals surface area contributed by atoms with Crippen LogP contribution in [0.15, 0.2) is 52.4 Å². The van der Waals surface area contributed by atoms with Crippen molar-refractivity contribution in [3.63, 3.8) is 0 Å². The molecule has 0 aromatic heterocycles. The lowest BCUT2D eigenvalue weighted by Gasteiger charge is -2.26. The Labute approximate surface area is 190 Å². The molecule has 29 heavy (non-hydrogen) atoms. The van der Waals surface area contributed by atoms with Crippen molar-refractivity contribution in [2.75, 3.05) is 26.5 Å². The van der Waals surface area contributed by atoms with Gasteiger partial charge in [-0.05, 0) is 42.2 Å². The van der Waals surface area contributed by atoms with E-state index in [1.54, 1.807) is 13.1 Å². The van der Waals surface area contributed by atoms with Crippen LogP contribution in [-0.2, 0) is 16.4 Å². The molecule has 0 fully saturated rings. The largest absolute Gasteiger partial charge is 0.493 e. The summed E-state index contributed by atoms with van der Waals surface area (Å²) in [6.07, 6.45) is 2.20. The van der Waals surface area contributed by atoms with E-state index in [1.165, 1.54) is 11.8 Å². The molecule has 1 aliphatic heterocycles. The van der Waals surface area contributed by atoms with Crippen molar-refractivity contribution in [1.29, 1.82) is 0 Å². The number of ether oxygens (including phenoxy) is 1. The first-order valence-corrected chi connectivity index (χ1v) is 11.2. The van der Waals surface area contributed by atoms with Crippen LogP contribution >= 0.6 is 24.0 Å².